The summed E-state index contributed by atoms with van der Waals surface area (Å²) in [6, 6.07) is 2.52. The standard InChI is InChI=1S/C13H17N3O5/c17-12(18)7-4-9-3-1-2-8-15(9)13(19)10-5-6-11(14-10)16(20)21/h5-6,9,14H,1-4,7-8H2,(H,17,18). The van der Waals surface area contributed by atoms with Crippen molar-refractivity contribution in [3.05, 3.63) is 27.9 Å². The van der Waals surface area contributed by atoms with E-state index in [4.69, 9.17) is 5.11 Å². The van der Waals surface area contributed by atoms with Crippen LogP contribution in [-0.2, 0) is 4.79 Å². The van der Waals surface area contributed by atoms with E-state index in [0.29, 0.717) is 13.0 Å². The smallest absolute Gasteiger partial charge is 0.321 e. The summed E-state index contributed by atoms with van der Waals surface area (Å²) in [5, 5.41) is 19.4. The van der Waals surface area contributed by atoms with Crippen LogP contribution in [0.25, 0.3) is 0 Å². The molecule has 0 spiro atoms. The van der Waals surface area contributed by atoms with Gasteiger partial charge in [-0.3, -0.25) is 9.59 Å². The highest BCUT2D eigenvalue weighted by Crippen LogP contribution is 2.23. The van der Waals surface area contributed by atoms with Gasteiger partial charge in [-0.2, -0.15) is 0 Å². The van der Waals surface area contributed by atoms with Crippen LogP contribution in [0.4, 0.5) is 5.82 Å². The number of aromatic nitrogens is 1. The summed E-state index contributed by atoms with van der Waals surface area (Å²) >= 11 is 0. The van der Waals surface area contributed by atoms with E-state index < -0.39 is 10.9 Å². The monoisotopic (exact) mass is 295 g/mol. The van der Waals surface area contributed by atoms with Crippen molar-refractivity contribution in [2.45, 2.75) is 38.1 Å². The Morgan fingerprint density at radius 2 is 2.19 bits per heavy atom. The SMILES string of the molecule is O=C(O)CCC1CCCCN1C(=O)c1ccc([N+](=O)[O-])[nH]1. The Morgan fingerprint density at radius 1 is 1.43 bits per heavy atom. The number of hydrogen-bond acceptors (Lipinski definition) is 4. The molecule has 8 heteroatoms. The average Bonchev–Trinajstić information content (AvgIpc) is 2.94. The summed E-state index contributed by atoms with van der Waals surface area (Å²) in [7, 11) is 0. The molecular formula is C13H17N3O5. The van der Waals surface area contributed by atoms with E-state index in [-0.39, 0.29) is 29.9 Å². The van der Waals surface area contributed by atoms with Crippen molar-refractivity contribution in [1.29, 1.82) is 0 Å². The number of carbonyl (C=O) groups is 2. The fourth-order valence-corrected chi connectivity index (χ4v) is 2.63. The van der Waals surface area contributed by atoms with Crippen LogP contribution in [0.1, 0.15) is 42.6 Å². The molecular weight excluding hydrogens is 278 g/mol. The van der Waals surface area contributed by atoms with Crippen LogP contribution in [0.15, 0.2) is 12.1 Å². The third-order valence-corrected chi connectivity index (χ3v) is 3.68. The van der Waals surface area contributed by atoms with Gasteiger partial charge in [0.15, 0.2) is 5.69 Å². The second kappa shape index (κ2) is 6.38. The lowest BCUT2D eigenvalue weighted by atomic mass is 9.97. The maximum absolute atomic E-state index is 12.4. The minimum absolute atomic E-state index is 0.0132. The number of carbonyl (C=O) groups excluding carboxylic acids is 1. The van der Waals surface area contributed by atoms with Gasteiger partial charge in [-0.25, -0.2) is 4.98 Å². The fourth-order valence-electron chi connectivity index (χ4n) is 2.63. The predicted molar refractivity (Wildman–Crippen MR) is 73.0 cm³/mol. The first-order valence-corrected chi connectivity index (χ1v) is 6.85. The Bertz CT molecular complexity index is 554. The highest BCUT2D eigenvalue weighted by atomic mass is 16.6. The van der Waals surface area contributed by atoms with E-state index >= 15 is 0 Å². The summed E-state index contributed by atoms with van der Waals surface area (Å²) in [6.45, 7) is 0.552. The molecule has 0 aromatic carbocycles. The van der Waals surface area contributed by atoms with Crippen molar-refractivity contribution in [3.63, 3.8) is 0 Å². The Morgan fingerprint density at radius 3 is 2.81 bits per heavy atom. The summed E-state index contributed by atoms with van der Waals surface area (Å²) < 4.78 is 0. The van der Waals surface area contributed by atoms with Gasteiger partial charge in [0.1, 0.15) is 0 Å². The number of hydrogen-bond donors (Lipinski definition) is 2. The molecule has 114 valence electrons. The van der Waals surface area contributed by atoms with Gasteiger partial charge in [-0.1, -0.05) is 0 Å². The van der Waals surface area contributed by atoms with E-state index in [1.165, 1.54) is 12.1 Å². The number of likely N-dealkylation sites (tertiary alicyclic amines) is 1. The summed E-state index contributed by atoms with van der Waals surface area (Å²) in [5.41, 5.74) is 0.170. The van der Waals surface area contributed by atoms with Crippen molar-refractivity contribution in [3.8, 4) is 0 Å². The molecule has 1 aliphatic heterocycles. The molecule has 8 nitrogen and oxygen atoms in total. The van der Waals surface area contributed by atoms with Crippen LogP contribution < -0.4 is 0 Å². The predicted octanol–water partition coefficient (Wildman–Crippen LogP) is 1.78. The molecule has 0 aliphatic carbocycles. The molecule has 1 fully saturated rings. The average molecular weight is 295 g/mol. The molecule has 1 saturated heterocycles. The van der Waals surface area contributed by atoms with Gasteiger partial charge in [0.25, 0.3) is 5.91 Å². The third-order valence-electron chi connectivity index (χ3n) is 3.68. The molecule has 1 aromatic rings. The second-order valence-corrected chi connectivity index (χ2v) is 5.09. The van der Waals surface area contributed by atoms with Gasteiger partial charge in [-0.15, -0.1) is 0 Å². The van der Waals surface area contributed by atoms with Crippen LogP contribution >= 0.6 is 0 Å². The Balaban J connectivity index is 2.10. The first-order chi connectivity index (χ1) is 9.99. The highest BCUT2D eigenvalue weighted by Gasteiger charge is 2.30. The van der Waals surface area contributed by atoms with Crippen molar-refractivity contribution in [2.75, 3.05) is 6.54 Å². The summed E-state index contributed by atoms with van der Waals surface area (Å²) in [4.78, 5) is 37.3. The molecule has 0 bridgehead atoms. The number of piperidine rings is 1. The largest absolute Gasteiger partial charge is 0.481 e. The number of amides is 1. The highest BCUT2D eigenvalue weighted by molar-refractivity contribution is 5.93. The number of nitro groups is 1. The Hall–Kier alpha value is -2.38. The normalized spacial score (nSPS) is 18.5. The van der Waals surface area contributed by atoms with Crippen molar-refractivity contribution in [1.82, 2.24) is 9.88 Å². The number of nitrogens with zero attached hydrogens (tertiary/aromatic N) is 2. The van der Waals surface area contributed by atoms with Gasteiger partial charge in [0.2, 0.25) is 0 Å². The number of aromatic amines is 1. The Kier molecular flexibility index (Phi) is 4.56. The molecule has 1 aromatic heterocycles. The first kappa shape index (κ1) is 15.0. The summed E-state index contributed by atoms with van der Waals surface area (Å²) in [6.07, 6.45) is 3.00. The molecule has 1 aliphatic rings. The quantitative estimate of drug-likeness (QED) is 0.634. The molecule has 1 amide bonds. The maximum Gasteiger partial charge on any atom is 0.321 e. The lowest BCUT2D eigenvalue weighted by molar-refractivity contribution is -0.389. The lowest BCUT2D eigenvalue weighted by Crippen LogP contribution is -2.44. The second-order valence-electron chi connectivity index (χ2n) is 5.09. The maximum atomic E-state index is 12.4. The molecule has 0 radical (unpaired) electrons. The Labute approximate surface area is 120 Å². The van der Waals surface area contributed by atoms with Gasteiger partial charge in [-0.05, 0) is 36.7 Å². The lowest BCUT2D eigenvalue weighted by Gasteiger charge is -2.34. The van der Waals surface area contributed by atoms with Crippen molar-refractivity contribution >= 4 is 17.7 Å². The van der Waals surface area contributed by atoms with Gasteiger partial charge < -0.3 is 20.1 Å². The van der Waals surface area contributed by atoms with Gasteiger partial charge in [0, 0.05) is 25.1 Å². The number of H-pyrrole nitrogens is 1. The fraction of sp³-hybridized carbons (Fsp3) is 0.538. The number of carboxylic acids is 1. The molecule has 2 heterocycles. The zero-order valence-electron chi connectivity index (χ0n) is 11.4. The van der Waals surface area contributed by atoms with E-state index in [1.54, 1.807) is 4.90 Å². The topological polar surface area (TPSA) is 117 Å². The number of aliphatic carboxylic acids is 1. The summed E-state index contributed by atoms with van der Waals surface area (Å²) in [5.74, 6) is -1.42. The van der Waals surface area contributed by atoms with Gasteiger partial charge in [0.05, 0.1) is 0 Å². The van der Waals surface area contributed by atoms with E-state index in [9.17, 15) is 19.7 Å². The van der Waals surface area contributed by atoms with Crippen LogP contribution in [0, 0.1) is 10.1 Å². The zero-order valence-corrected chi connectivity index (χ0v) is 11.4. The minimum atomic E-state index is -0.886. The molecule has 1 atom stereocenters. The molecule has 2 N–H and O–H groups in total. The van der Waals surface area contributed by atoms with E-state index in [0.717, 1.165) is 19.3 Å². The van der Waals surface area contributed by atoms with Gasteiger partial charge >= 0.3 is 11.8 Å². The minimum Gasteiger partial charge on any atom is -0.481 e. The molecule has 0 saturated carbocycles. The number of nitrogens with one attached hydrogen (secondary N) is 1. The van der Waals surface area contributed by atoms with Crippen molar-refractivity contribution < 1.29 is 19.6 Å². The van der Waals surface area contributed by atoms with Crippen LogP contribution in [0.5, 0.6) is 0 Å². The molecule has 1 unspecified atom stereocenters. The van der Waals surface area contributed by atoms with Crippen molar-refractivity contribution in [2.24, 2.45) is 0 Å². The first-order valence-electron chi connectivity index (χ1n) is 6.85. The number of carboxylic acid groups (broad SMARTS) is 1. The van der Waals surface area contributed by atoms with Crippen LogP contribution in [0.2, 0.25) is 0 Å². The van der Waals surface area contributed by atoms with E-state index in [2.05, 4.69) is 4.98 Å². The van der Waals surface area contributed by atoms with E-state index in [1.807, 2.05) is 0 Å². The van der Waals surface area contributed by atoms with Crippen LogP contribution in [-0.4, -0.2) is 44.4 Å². The molecule has 21 heavy (non-hydrogen) atoms. The third kappa shape index (κ3) is 3.59. The molecule has 2 rings (SSSR count). The van der Waals surface area contributed by atoms with Crippen LogP contribution in [0.3, 0.4) is 0 Å². The number of rotatable bonds is 5. The zero-order chi connectivity index (χ0) is 15.4.